The maximum absolute atomic E-state index is 12.8. The van der Waals surface area contributed by atoms with Crippen LogP contribution >= 0.6 is 0 Å². The molecule has 0 spiro atoms. The normalized spacial score (nSPS) is 18.7. The zero-order chi connectivity index (χ0) is 18.4. The maximum atomic E-state index is 12.8. The minimum atomic E-state index is -3.35. The lowest BCUT2D eigenvalue weighted by Crippen LogP contribution is -2.48. The van der Waals surface area contributed by atoms with Crippen molar-refractivity contribution in [3.05, 3.63) is 35.9 Å². The van der Waals surface area contributed by atoms with Gasteiger partial charge >= 0.3 is 5.97 Å². The molecule has 0 radical (unpaired) electrons. The van der Waals surface area contributed by atoms with Gasteiger partial charge in [-0.05, 0) is 24.8 Å². The zero-order valence-corrected chi connectivity index (χ0v) is 15.1. The molecule has 0 saturated carbocycles. The van der Waals surface area contributed by atoms with Crippen LogP contribution in [0, 0.1) is 5.92 Å². The minimum absolute atomic E-state index is 0.124. The highest BCUT2D eigenvalue weighted by Crippen LogP contribution is 2.21. The van der Waals surface area contributed by atoms with Crippen LogP contribution < -0.4 is 0 Å². The van der Waals surface area contributed by atoms with E-state index in [0.717, 1.165) is 11.8 Å². The van der Waals surface area contributed by atoms with E-state index in [1.807, 2.05) is 30.3 Å². The number of aliphatic carboxylic acids is 1. The first-order chi connectivity index (χ1) is 11.8. The van der Waals surface area contributed by atoms with Crippen LogP contribution in [0.1, 0.15) is 18.4 Å². The number of carboxylic acid groups (broad SMARTS) is 1. The highest BCUT2D eigenvalue weighted by Gasteiger charge is 2.33. The summed E-state index contributed by atoms with van der Waals surface area (Å²) in [4.78, 5) is 25.2. The van der Waals surface area contributed by atoms with E-state index in [1.54, 1.807) is 0 Å². The van der Waals surface area contributed by atoms with Crippen LogP contribution in [-0.4, -0.2) is 67.0 Å². The summed E-state index contributed by atoms with van der Waals surface area (Å²) < 4.78 is 24.7. The standard InChI is InChI=1S/C17H24N2O5S/c1-25(23,24)19-10-5-8-15(12-19)17(22)18(13-16(20)21)11-9-14-6-3-2-4-7-14/h2-4,6-7,15H,5,8-13H2,1H3,(H,20,21)/t15-/m1/s1. The fourth-order valence-electron chi connectivity index (χ4n) is 3.04. The summed E-state index contributed by atoms with van der Waals surface area (Å²) in [6.45, 7) is 0.455. The fourth-order valence-corrected chi connectivity index (χ4v) is 3.95. The Morgan fingerprint density at radius 3 is 2.56 bits per heavy atom. The fraction of sp³-hybridized carbons (Fsp3) is 0.529. The van der Waals surface area contributed by atoms with Crippen LogP contribution in [0.2, 0.25) is 0 Å². The van der Waals surface area contributed by atoms with Gasteiger partial charge in [-0.1, -0.05) is 30.3 Å². The molecule has 1 saturated heterocycles. The van der Waals surface area contributed by atoms with Gasteiger partial charge in [-0.2, -0.15) is 0 Å². The summed E-state index contributed by atoms with van der Waals surface area (Å²) >= 11 is 0. The van der Waals surface area contributed by atoms with Crippen molar-refractivity contribution in [3.63, 3.8) is 0 Å². The summed E-state index contributed by atoms with van der Waals surface area (Å²) in [6, 6.07) is 9.53. The van der Waals surface area contributed by atoms with Crippen LogP contribution in [-0.2, 0) is 26.0 Å². The molecular weight excluding hydrogens is 344 g/mol. The van der Waals surface area contributed by atoms with E-state index in [-0.39, 0.29) is 19.0 Å². The number of piperidine rings is 1. The van der Waals surface area contributed by atoms with E-state index in [1.165, 1.54) is 9.21 Å². The first kappa shape index (κ1) is 19.4. The minimum Gasteiger partial charge on any atom is -0.480 e. The van der Waals surface area contributed by atoms with Gasteiger partial charge in [-0.3, -0.25) is 9.59 Å². The molecule has 1 heterocycles. The highest BCUT2D eigenvalue weighted by molar-refractivity contribution is 7.88. The van der Waals surface area contributed by atoms with E-state index in [0.29, 0.717) is 32.4 Å². The average molecular weight is 368 g/mol. The molecule has 0 aromatic heterocycles. The number of carbonyl (C=O) groups excluding carboxylic acids is 1. The number of hydrogen-bond acceptors (Lipinski definition) is 4. The third-order valence-electron chi connectivity index (χ3n) is 4.35. The molecule has 1 N–H and O–H groups in total. The largest absolute Gasteiger partial charge is 0.480 e. The molecule has 1 aliphatic rings. The maximum Gasteiger partial charge on any atom is 0.323 e. The monoisotopic (exact) mass is 368 g/mol. The number of nitrogens with zero attached hydrogens (tertiary/aromatic N) is 2. The predicted octanol–water partition coefficient (Wildman–Crippen LogP) is 0.814. The Morgan fingerprint density at radius 2 is 1.96 bits per heavy atom. The number of carboxylic acids is 1. The van der Waals surface area contributed by atoms with E-state index in [4.69, 9.17) is 5.11 Å². The topological polar surface area (TPSA) is 95.0 Å². The molecule has 2 rings (SSSR count). The van der Waals surface area contributed by atoms with Crippen LogP contribution in [0.3, 0.4) is 0 Å². The number of rotatable bonds is 7. The lowest BCUT2D eigenvalue weighted by atomic mass is 9.97. The summed E-state index contributed by atoms with van der Waals surface area (Å²) in [5, 5.41) is 9.11. The van der Waals surface area contributed by atoms with Gasteiger partial charge in [0, 0.05) is 19.6 Å². The van der Waals surface area contributed by atoms with E-state index >= 15 is 0 Å². The van der Waals surface area contributed by atoms with Gasteiger partial charge in [-0.15, -0.1) is 0 Å². The second-order valence-corrected chi connectivity index (χ2v) is 8.33. The predicted molar refractivity (Wildman–Crippen MR) is 93.5 cm³/mol. The van der Waals surface area contributed by atoms with Crippen molar-refractivity contribution in [1.82, 2.24) is 9.21 Å². The molecule has 0 aliphatic carbocycles. The van der Waals surface area contributed by atoms with Crippen molar-refractivity contribution in [2.45, 2.75) is 19.3 Å². The van der Waals surface area contributed by atoms with Gasteiger partial charge < -0.3 is 10.0 Å². The summed E-state index contributed by atoms with van der Waals surface area (Å²) in [5.74, 6) is -1.84. The van der Waals surface area contributed by atoms with Crippen molar-refractivity contribution in [2.24, 2.45) is 5.92 Å². The molecule has 1 fully saturated rings. The molecule has 0 bridgehead atoms. The Balaban J connectivity index is 2.05. The molecule has 1 atom stereocenters. The Kier molecular flexibility index (Phi) is 6.55. The van der Waals surface area contributed by atoms with Gasteiger partial charge in [0.15, 0.2) is 0 Å². The molecule has 7 nitrogen and oxygen atoms in total. The quantitative estimate of drug-likeness (QED) is 0.769. The molecule has 1 aromatic carbocycles. The van der Waals surface area contributed by atoms with Gasteiger partial charge in [0.25, 0.3) is 0 Å². The Morgan fingerprint density at radius 1 is 1.28 bits per heavy atom. The molecule has 1 amide bonds. The second-order valence-electron chi connectivity index (χ2n) is 6.35. The smallest absolute Gasteiger partial charge is 0.323 e. The number of sulfonamides is 1. The Labute approximate surface area is 148 Å². The summed E-state index contributed by atoms with van der Waals surface area (Å²) in [6.07, 6.45) is 2.86. The molecule has 1 aromatic rings. The van der Waals surface area contributed by atoms with E-state index in [9.17, 15) is 18.0 Å². The zero-order valence-electron chi connectivity index (χ0n) is 14.3. The lowest BCUT2D eigenvalue weighted by molar-refractivity contribution is -0.146. The summed E-state index contributed by atoms with van der Waals surface area (Å²) in [5.41, 5.74) is 1.02. The Bertz CT molecular complexity index is 705. The summed E-state index contributed by atoms with van der Waals surface area (Å²) in [7, 11) is -3.35. The van der Waals surface area contributed by atoms with Crippen LogP contribution in [0.25, 0.3) is 0 Å². The first-order valence-electron chi connectivity index (χ1n) is 8.27. The van der Waals surface area contributed by atoms with Crippen LogP contribution in [0.15, 0.2) is 30.3 Å². The van der Waals surface area contributed by atoms with Crippen molar-refractivity contribution >= 4 is 21.9 Å². The van der Waals surface area contributed by atoms with Crippen molar-refractivity contribution in [3.8, 4) is 0 Å². The van der Waals surface area contributed by atoms with Crippen LogP contribution in [0.5, 0.6) is 0 Å². The average Bonchev–Trinajstić information content (AvgIpc) is 2.58. The SMILES string of the molecule is CS(=O)(=O)N1CCC[C@@H](C(=O)N(CCc2ccccc2)CC(=O)O)C1. The lowest BCUT2D eigenvalue weighted by Gasteiger charge is -2.33. The number of benzene rings is 1. The Hall–Kier alpha value is -1.93. The van der Waals surface area contributed by atoms with Gasteiger partial charge in [0.05, 0.1) is 12.2 Å². The van der Waals surface area contributed by atoms with Gasteiger partial charge in [0.1, 0.15) is 6.54 Å². The van der Waals surface area contributed by atoms with Gasteiger partial charge in [0.2, 0.25) is 15.9 Å². The number of amides is 1. The number of carbonyl (C=O) groups is 2. The number of hydrogen-bond donors (Lipinski definition) is 1. The highest BCUT2D eigenvalue weighted by atomic mass is 32.2. The van der Waals surface area contributed by atoms with Gasteiger partial charge in [-0.25, -0.2) is 12.7 Å². The first-order valence-corrected chi connectivity index (χ1v) is 10.1. The third kappa shape index (κ3) is 5.82. The molecule has 138 valence electrons. The van der Waals surface area contributed by atoms with Crippen molar-refractivity contribution < 1.29 is 23.1 Å². The van der Waals surface area contributed by atoms with E-state index in [2.05, 4.69) is 0 Å². The molecule has 0 unspecified atom stereocenters. The molecule has 1 aliphatic heterocycles. The van der Waals surface area contributed by atoms with Crippen molar-refractivity contribution in [1.29, 1.82) is 0 Å². The third-order valence-corrected chi connectivity index (χ3v) is 5.62. The molecule has 25 heavy (non-hydrogen) atoms. The second kappa shape index (κ2) is 8.44. The molecule has 8 heteroatoms. The van der Waals surface area contributed by atoms with Crippen LogP contribution in [0.4, 0.5) is 0 Å². The van der Waals surface area contributed by atoms with E-state index < -0.39 is 21.9 Å². The molecular formula is C17H24N2O5S. The van der Waals surface area contributed by atoms with Crippen molar-refractivity contribution in [2.75, 3.05) is 32.4 Å².